The standard InChI is InChI=1S/C27H37FN4O4S/c1-4-31(30)17-25(29)10-8-21(13-27(33)34)20-6-5-19(3)23(12-20)16-32-15-18(2)11-22-7-9-24(28)14-26(22)37(32,35)36/h5-7,9,12,14,17-18,21H,4,8,10-11,13,15-16,29-30H2,1-3H3,(H,33,34)/b25-17-. The molecule has 0 spiro atoms. The highest BCUT2D eigenvalue weighted by atomic mass is 32.2. The Morgan fingerprint density at radius 1 is 1.30 bits per heavy atom. The van der Waals surface area contributed by atoms with Crippen LogP contribution in [0.1, 0.15) is 61.3 Å². The first-order chi connectivity index (χ1) is 17.4. The van der Waals surface area contributed by atoms with Crippen LogP contribution in [-0.2, 0) is 27.8 Å². The molecule has 10 heteroatoms. The van der Waals surface area contributed by atoms with Crippen LogP contribution in [0, 0.1) is 18.7 Å². The maximum atomic E-state index is 14.0. The normalized spacial score (nSPS) is 18.6. The number of halogens is 1. The molecule has 2 aromatic carbocycles. The van der Waals surface area contributed by atoms with E-state index in [1.807, 2.05) is 39.0 Å². The quantitative estimate of drug-likeness (QED) is 0.313. The van der Waals surface area contributed by atoms with Crippen LogP contribution in [0.5, 0.6) is 0 Å². The van der Waals surface area contributed by atoms with Crippen molar-refractivity contribution in [2.75, 3.05) is 13.1 Å². The molecule has 0 radical (unpaired) electrons. The van der Waals surface area contributed by atoms with Gasteiger partial charge >= 0.3 is 5.97 Å². The third-order valence-corrected chi connectivity index (χ3v) is 8.72. The summed E-state index contributed by atoms with van der Waals surface area (Å²) in [5.41, 5.74) is 9.75. The molecule has 0 aromatic heterocycles. The third kappa shape index (κ3) is 7.30. The van der Waals surface area contributed by atoms with Crippen LogP contribution < -0.4 is 11.6 Å². The second-order valence-electron chi connectivity index (χ2n) is 9.91. The Morgan fingerprint density at radius 2 is 2.03 bits per heavy atom. The van der Waals surface area contributed by atoms with Gasteiger partial charge in [-0.1, -0.05) is 31.2 Å². The van der Waals surface area contributed by atoms with Crippen LogP contribution in [-0.4, -0.2) is 41.9 Å². The summed E-state index contributed by atoms with van der Waals surface area (Å²) in [4.78, 5) is 11.6. The summed E-state index contributed by atoms with van der Waals surface area (Å²) in [7, 11) is -3.92. The fourth-order valence-corrected chi connectivity index (χ4v) is 6.51. The van der Waals surface area contributed by atoms with E-state index in [1.54, 1.807) is 12.3 Å². The maximum absolute atomic E-state index is 14.0. The number of carboxylic acid groups (broad SMARTS) is 1. The van der Waals surface area contributed by atoms with E-state index in [2.05, 4.69) is 0 Å². The SMILES string of the molecule is CCN(N)/C=C(\N)CCC(CC(=O)O)c1ccc(C)c(CN2CC(C)Cc3ccc(F)cc3S2(=O)=O)c1. The number of nitrogens with two attached hydrogens (primary N) is 2. The molecule has 1 aliphatic heterocycles. The lowest BCUT2D eigenvalue weighted by Gasteiger charge is -2.24. The molecule has 0 saturated heterocycles. The monoisotopic (exact) mass is 532 g/mol. The molecule has 3 rings (SSSR count). The number of nitrogens with zero attached hydrogens (tertiary/aromatic N) is 2. The molecule has 0 fully saturated rings. The summed E-state index contributed by atoms with van der Waals surface area (Å²) in [5.74, 6) is 4.01. The summed E-state index contributed by atoms with van der Waals surface area (Å²) in [6, 6.07) is 9.61. The molecular weight excluding hydrogens is 495 g/mol. The van der Waals surface area contributed by atoms with E-state index in [-0.39, 0.29) is 29.7 Å². The minimum absolute atomic E-state index is 0.0118. The molecular formula is C27H37FN4O4S. The molecule has 0 aliphatic carbocycles. The number of hydrogen-bond donors (Lipinski definition) is 3. The zero-order valence-electron chi connectivity index (χ0n) is 21.7. The van der Waals surface area contributed by atoms with Gasteiger partial charge in [0, 0.05) is 31.5 Å². The zero-order valence-corrected chi connectivity index (χ0v) is 22.5. The van der Waals surface area contributed by atoms with E-state index in [9.17, 15) is 22.7 Å². The second-order valence-corrected chi connectivity index (χ2v) is 11.8. The molecule has 2 unspecified atom stereocenters. The van der Waals surface area contributed by atoms with Crippen molar-refractivity contribution >= 4 is 16.0 Å². The fourth-order valence-electron chi connectivity index (χ4n) is 4.72. The summed E-state index contributed by atoms with van der Waals surface area (Å²) in [6.07, 6.45) is 3.07. The maximum Gasteiger partial charge on any atom is 0.303 e. The van der Waals surface area contributed by atoms with Crippen LogP contribution in [0.2, 0.25) is 0 Å². The van der Waals surface area contributed by atoms with E-state index >= 15 is 0 Å². The van der Waals surface area contributed by atoms with E-state index in [0.29, 0.717) is 43.6 Å². The van der Waals surface area contributed by atoms with E-state index in [1.165, 1.54) is 15.4 Å². The Balaban J connectivity index is 1.91. The number of hydrazine groups is 1. The number of hydrogen-bond acceptors (Lipinski definition) is 6. The van der Waals surface area contributed by atoms with Crippen molar-refractivity contribution < 1.29 is 22.7 Å². The van der Waals surface area contributed by atoms with Crippen molar-refractivity contribution in [3.8, 4) is 0 Å². The van der Waals surface area contributed by atoms with Crippen molar-refractivity contribution in [1.82, 2.24) is 9.31 Å². The summed E-state index contributed by atoms with van der Waals surface area (Å²) in [6.45, 7) is 6.78. The first-order valence-electron chi connectivity index (χ1n) is 12.5. The largest absolute Gasteiger partial charge is 0.481 e. The molecule has 202 valence electrons. The fraction of sp³-hybridized carbons (Fsp3) is 0.444. The van der Waals surface area contributed by atoms with Gasteiger partial charge in [0.2, 0.25) is 10.0 Å². The number of rotatable bonds is 10. The van der Waals surface area contributed by atoms with Crippen LogP contribution in [0.4, 0.5) is 4.39 Å². The summed E-state index contributed by atoms with van der Waals surface area (Å²) < 4.78 is 42.5. The Hall–Kier alpha value is -2.95. The minimum Gasteiger partial charge on any atom is -0.481 e. The number of carboxylic acids is 1. The van der Waals surface area contributed by atoms with Gasteiger partial charge in [-0.15, -0.1) is 0 Å². The lowest BCUT2D eigenvalue weighted by Crippen LogP contribution is -2.33. The topological polar surface area (TPSA) is 130 Å². The van der Waals surface area contributed by atoms with Crippen LogP contribution in [0.15, 0.2) is 53.2 Å². The molecule has 1 heterocycles. The Labute approximate surface area is 218 Å². The number of aryl methyl sites for hydroxylation is 1. The molecule has 0 saturated carbocycles. The number of aliphatic carboxylic acids is 1. The molecule has 8 nitrogen and oxygen atoms in total. The van der Waals surface area contributed by atoms with Crippen LogP contribution in [0.3, 0.4) is 0 Å². The van der Waals surface area contributed by atoms with Crippen molar-refractivity contribution in [2.45, 2.75) is 63.8 Å². The highest BCUT2D eigenvalue weighted by Crippen LogP contribution is 2.32. The molecule has 1 aliphatic rings. The summed E-state index contributed by atoms with van der Waals surface area (Å²) >= 11 is 0. The van der Waals surface area contributed by atoms with Crippen molar-refractivity contribution in [2.24, 2.45) is 17.5 Å². The number of fused-ring (bicyclic) bond motifs is 1. The van der Waals surface area contributed by atoms with Crippen LogP contribution in [0.25, 0.3) is 0 Å². The number of benzene rings is 2. The molecule has 5 N–H and O–H groups in total. The number of allylic oxidation sites excluding steroid dienone is 1. The van der Waals surface area contributed by atoms with Gasteiger partial charge in [-0.05, 0) is 79.3 Å². The van der Waals surface area contributed by atoms with Gasteiger partial charge in [0.25, 0.3) is 0 Å². The highest BCUT2D eigenvalue weighted by molar-refractivity contribution is 7.89. The Bertz CT molecular complexity index is 1270. The van der Waals surface area contributed by atoms with Gasteiger partial charge < -0.3 is 15.8 Å². The predicted octanol–water partition coefficient (Wildman–Crippen LogP) is 3.85. The van der Waals surface area contributed by atoms with Gasteiger partial charge in [0.05, 0.1) is 11.3 Å². The predicted molar refractivity (Wildman–Crippen MR) is 141 cm³/mol. The third-order valence-electron chi connectivity index (χ3n) is 6.82. The second kappa shape index (κ2) is 12.1. The average molecular weight is 533 g/mol. The highest BCUT2D eigenvalue weighted by Gasteiger charge is 2.33. The zero-order chi connectivity index (χ0) is 27.3. The van der Waals surface area contributed by atoms with Gasteiger partial charge in [0.1, 0.15) is 5.82 Å². The molecule has 37 heavy (non-hydrogen) atoms. The minimum atomic E-state index is -3.92. The first-order valence-corrected chi connectivity index (χ1v) is 13.9. The Morgan fingerprint density at radius 3 is 2.70 bits per heavy atom. The number of sulfonamides is 1. The van der Waals surface area contributed by atoms with Gasteiger partial charge in [-0.3, -0.25) is 4.79 Å². The lowest BCUT2D eigenvalue weighted by molar-refractivity contribution is -0.137. The van der Waals surface area contributed by atoms with E-state index in [0.717, 1.165) is 22.8 Å². The van der Waals surface area contributed by atoms with Gasteiger partial charge in [0.15, 0.2) is 0 Å². The van der Waals surface area contributed by atoms with E-state index < -0.39 is 21.8 Å². The lowest BCUT2D eigenvalue weighted by atomic mass is 9.88. The van der Waals surface area contributed by atoms with Gasteiger partial charge in [-0.25, -0.2) is 18.7 Å². The summed E-state index contributed by atoms with van der Waals surface area (Å²) in [5, 5.41) is 11.0. The molecule has 2 atom stereocenters. The number of carbonyl (C=O) groups is 1. The van der Waals surface area contributed by atoms with E-state index in [4.69, 9.17) is 11.6 Å². The Kier molecular flexibility index (Phi) is 9.33. The molecule has 2 aromatic rings. The van der Waals surface area contributed by atoms with Crippen molar-refractivity contribution in [3.63, 3.8) is 0 Å². The van der Waals surface area contributed by atoms with Crippen molar-refractivity contribution in [1.29, 1.82) is 0 Å². The smallest absolute Gasteiger partial charge is 0.303 e. The molecule has 0 amide bonds. The molecule has 0 bridgehead atoms. The first kappa shape index (κ1) is 28.6. The average Bonchev–Trinajstić information content (AvgIpc) is 2.91. The van der Waals surface area contributed by atoms with Crippen LogP contribution >= 0.6 is 0 Å². The van der Waals surface area contributed by atoms with Crippen molar-refractivity contribution in [3.05, 3.63) is 76.4 Å². The van der Waals surface area contributed by atoms with Gasteiger partial charge in [-0.2, -0.15) is 4.31 Å².